The lowest BCUT2D eigenvalue weighted by molar-refractivity contribution is 1.16. The normalized spacial score (nSPS) is 13.3. The Kier molecular flexibility index (Phi) is 5.78. The molecular weight excluding hydrogens is 211 g/mol. The molecule has 0 aliphatic rings. The monoisotopic (exact) mass is 226 g/mol. The van der Waals surface area contributed by atoms with Gasteiger partial charge in [-0.15, -0.1) is 22.2 Å². The zero-order chi connectivity index (χ0) is 8.91. The number of allylic oxidation sites excluding steroid dienone is 1. The van der Waals surface area contributed by atoms with E-state index < -0.39 is 15.5 Å². The van der Waals surface area contributed by atoms with Crippen LogP contribution in [0.3, 0.4) is 0 Å². The average molecular weight is 227 g/mol. The number of rotatable bonds is 4. The summed E-state index contributed by atoms with van der Waals surface area (Å²) in [6, 6.07) is 1.33. The van der Waals surface area contributed by atoms with Gasteiger partial charge in [0.25, 0.3) is 7.42 Å². The molecule has 0 unspecified atom stereocenters. The molecule has 0 nitrogen and oxygen atoms in total. The molecule has 0 atom stereocenters. The predicted molar refractivity (Wildman–Crippen MR) is 60.8 cm³/mol. The van der Waals surface area contributed by atoms with Crippen LogP contribution in [0.25, 0.3) is 0 Å². The van der Waals surface area contributed by atoms with E-state index in [9.17, 15) is 0 Å². The Morgan fingerprint density at radius 1 is 1.27 bits per heavy atom. The fourth-order valence-corrected chi connectivity index (χ4v) is 2.76. The van der Waals surface area contributed by atoms with Gasteiger partial charge in [0.15, 0.2) is 0 Å². The van der Waals surface area contributed by atoms with Crippen molar-refractivity contribution in [2.24, 2.45) is 0 Å². The van der Waals surface area contributed by atoms with Gasteiger partial charge in [-0.3, -0.25) is 0 Å². The number of halogens is 2. The lowest BCUT2D eigenvalue weighted by Crippen LogP contribution is -2.18. The summed E-state index contributed by atoms with van der Waals surface area (Å²) in [6.45, 7) is 7.12. The second-order valence-electron chi connectivity index (χ2n) is 3.86. The van der Waals surface area contributed by atoms with Gasteiger partial charge >= 0.3 is 0 Å². The fourth-order valence-electron chi connectivity index (χ4n) is 0.715. The van der Waals surface area contributed by atoms with Gasteiger partial charge in [0, 0.05) is 8.07 Å². The Bertz CT molecular complexity index is 127. The largest absolute Gasteiger partial charge is 0.259 e. The van der Waals surface area contributed by atoms with Crippen molar-refractivity contribution in [1.82, 2.24) is 0 Å². The van der Waals surface area contributed by atoms with E-state index in [1.807, 2.05) is 5.70 Å². The highest BCUT2D eigenvalue weighted by molar-refractivity contribution is 7.36. The van der Waals surface area contributed by atoms with Crippen molar-refractivity contribution in [2.45, 2.75) is 32.1 Å². The standard InChI is InChI=1S/C7H16Cl2Si2/c1-11(2,3)7-5-4-6-10(8)9/h4,6,10H,5,7H2,1-3H3. The molecule has 66 valence electrons. The maximum Gasteiger partial charge on any atom is 0.259 e. The van der Waals surface area contributed by atoms with Crippen molar-refractivity contribution in [3.63, 3.8) is 0 Å². The van der Waals surface area contributed by atoms with Crippen molar-refractivity contribution < 1.29 is 0 Å². The molecule has 0 aromatic rings. The van der Waals surface area contributed by atoms with Crippen LogP contribution in [-0.4, -0.2) is 15.5 Å². The summed E-state index contributed by atoms with van der Waals surface area (Å²) < 4.78 is 0. The summed E-state index contributed by atoms with van der Waals surface area (Å²) >= 11 is 11.3. The molecular formula is C7H16Cl2Si2. The van der Waals surface area contributed by atoms with E-state index in [2.05, 4.69) is 25.7 Å². The number of hydrogen-bond acceptors (Lipinski definition) is 0. The summed E-state index contributed by atoms with van der Waals surface area (Å²) in [5.41, 5.74) is 1.98. The van der Waals surface area contributed by atoms with Crippen molar-refractivity contribution in [3.8, 4) is 0 Å². The molecule has 0 aliphatic heterocycles. The minimum Gasteiger partial charge on any atom is -0.145 e. The first kappa shape index (κ1) is 11.8. The zero-order valence-electron chi connectivity index (χ0n) is 7.40. The molecule has 0 rings (SSSR count). The molecule has 0 saturated carbocycles. The Morgan fingerprint density at radius 3 is 2.18 bits per heavy atom. The summed E-state index contributed by atoms with van der Waals surface area (Å²) in [5, 5.41) is 0. The van der Waals surface area contributed by atoms with Crippen LogP contribution in [0.5, 0.6) is 0 Å². The van der Waals surface area contributed by atoms with E-state index in [4.69, 9.17) is 22.2 Å². The maximum atomic E-state index is 5.66. The molecule has 0 heterocycles. The molecule has 11 heavy (non-hydrogen) atoms. The van der Waals surface area contributed by atoms with Crippen molar-refractivity contribution >= 4 is 37.6 Å². The zero-order valence-corrected chi connectivity index (χ0v) is 11.1. The first-order valence-corrected chi connectivity index (χ1v) is 11.7. The van der Waals surface area contributed by atoms with Crippen LogP contribution in [0.4, 0.5) is 0 Å². The van der Waals surface area contributed by atoms with Gasteiger partial charge in [0.2, 0.25) is 0 Å². The third-order valence-corrected chi connectivity index (χ3v) is 4.57. The van der Waals surface area contributed by atoms with Crippen molar-refractivity contribution in [1.29, 1.82) is 0 Å². The van der Waals surface area contributed by atoms with E-state index >= 15 is 0 Å². The first-order valence-electron chi connectivity index (χ1n) is 3.86. The minimum atomic E-state index is -1.48. The van der Waals surface area contributed by atoms with Gasteiger partial charge in [-0.05, 0) is 6.42 Å². The summed E-state index contributed by atoms with van der Waals surface area (Å²) in [7, 11) is -2.33. The molecule has 0 saturated heterocycles. The third-order valence-electron chi connectivity index (χ3n) is 1.34. The Balaban J connectivity index is 3.42. The fraction of sp³-hybridized carbons (Fsp3) is 0.714. The highest BCUT2D eigenvalue weighted by Crippen LogP contribution is 2.11. The Hall–Kier alpha value is 0.754. The van der Waals surface area contributed by atoms with Gasteiger partial charge in [-0.1, -0.05) is 37.5 Å². The van der Waals surface area contributed by atoms with Crippen LogP contribution in [0.2, 0.25) is 25.7 Å². The number of hydrogen-bond donors (Lipinski definition) is 0. The predicted octanol–water partition coefficient (Wildman–Crippen LogP) is 3.51. The second kappa shape index (κ2) is 5.41. The lowest BCUT2D eigenvalue weighted by Gasteiger charge is -2.13. The Morgan fingerprint density at radius 2 is 1.82 bits per heavy atom. The van der Waals surface area contributed by atoms with Gasteiger partial charge in [0.1, 0.15) is 0 Å². The third kappa shape index (κ3) is 10.8. The van der Waals surface area contributed by atoms with Gasteiger partial charge in [-0.25, -0.2) is 0 Å². The molecule has 0 bridgehead atoms. The molecule has 0 aliphatic carbocycles. The second-order valence-corrected chi connectivity index (χ2v) is 14.0. The molecule has 4 heteroatoms. The summed E-state index contributed by atoms with van der Waals surface area (Å²) in [5.74, 6) is 0. The topological polar surface area (TPSA) is 0 Å². The van der Waals surface area contributed by atoms with Crippen molar-refractivity contribution in [3.05, 3.63) is 11.8 Å². The van der Waals surface area contributed by atoms with Crippen LogP contribution >= 0.6 is 22.2 Å². The van der Waals surface area contributed by atoms with Gasteiger partial charge in [-0.2, -0.15) is 0 Å². The van der Waals surface area contributed by atoms with Crippen LogP contribution in [0, 0.1) is 0 Å². The highest BCUT2D eigenvalue weighted by Gasteiger charge is 2.10. The maximum absolute atomic E-state index is 5.66. The first-order chi connectivity index (χ1) is 4.92. The SMILES string of the molecule is C[Si](C)(C)CCC=C[SiH](Cl)Cl. The van der Waals surface area contributed by atoms with Gasteiger partial charge < -0.3 is 0 Å². The van der Waals surface area contributed by atoms with Crippen LogP contribution in [0.15, 0.2) is 11.8 Å². The van der Waals surface area contributed by atoms with E-state index in [1.54, 1.807) is 0 Å². The molecule has 0 amide bonds. The molecule has 0 N–H and O–H groups in total. The van der Waals surface area contributed by atoms with Crippen LogP contribution in [-0.2, 0) is 0 Å². The minimum absolute atomic E-state index is 0.851. The van der Waals surface area contributed by atoms with E-state index in [1.165, 1.54) is 6.04 Å². The van der Waals surface area contributed by atoms with Gasteiger partial charge in [0.05, 0.1) is 0 Å². The molecule has 0 spiro atoms. The average Bonchev–Trinajstić information content (AvgIpc) is 1.78. The molecule has 0 aromatic heterocycles. The van der Waals surface area contributed by atoms with E-state index in [0.29, 0.717) is 0 Å². The summed E-state index contributed by atoms with van der Waals surface area (Å²) in [6.07, 6.45) is 3.29. The highest BCUT2D eigenvalue weighted by atomic mass is 35.7. The molecule has 0 radical (unpaired) electrons. The quantitative estimate of drug-likeness (QED) is 0.509. The van der Waals surface area contributed by atoms with Crippen LogP contribution in [0.1, 0.15) is 6.42 Å². The lowest BCUT2D eigenvalue weighted by atomic mass is 10.5. The van der Waals surface area contributed by atoms with E-state index in [0.717, 1.165) is 6.42 Å². The summed E-state index contributed by atoms with van der Waals surface area (Å²) in [4.78, 5) is 0. The van der Waals surface area contributed by atoms with Crippen LogP contribution < -0.4 is 0 Å². The molecule has 0 aromatic carbocycles. The Labute approximate surface area is 81.6 Å². The smallest absolute Gasteiger partial charge is 0.145 e. The molecule has 0 fully saturated rings. The van der Waals surface area contributed by atoms with E-state index in [-0.39, 0.29) is 0 Å². The van der Waals surface area contributed by atoms with Crippen molar-refractivity contribution in [2.75, 3.05) is 0 Å².